The minimum atomic E-state index is -0.774. The molecule has 7 unspecified atom stereocenters. The Kier molecular flexibility index (Phi) is 6.81. The Morgan fingerprint density at radius 3 is 2.62 bits per heavy atom. The van der Waals surface area contributed by atoms with Crippen LogP contribution in [0.5, 0.6) is 0 Å². The maximum Gasteiger partial charge on any atom is 0.244 e. The normalized spacial score (nSPS) is 41.5. The van der Waals surface area contributed by atoms with Crippen LogP contribution in [0.3, 0.4) is 0 Å². The fraction of sp³-hybridized carbons (Fsp3) is 0.690. The number of piperidine rings is 1. The number of hydrogen-bond acceptors (Lipinski definition) is 9. The fourth-order valence-electron chi connectivity index (χ4n) is 7.74. The van der Waals surface area contributed by atoms with Crippen molar-refractivity contribution < 1.29 is 9.90 Å². The number of fused-ring (bicyclic) bond motifs is 7. The van der Waals surface area contributed by atoms with E-state index in [2.05, 4.69) is 72.9 Å². The van der Waals surface area contributed by atoms with E-state index in [4.69, 9.17) is 0 Å². The molecule has 6 aliphatic heterocycles. The molecule has 0 saturated carbocycles. The maximum absolute atomic E-state index is 13.6. The average molecular weight is 537 g/mol. The van der Waals surface area contributed by atoms with Crippen molar-refractivity contribution in [1.82, 2.24) is 31.3 Å². The Hall–Kier alpha value is -2.21. The van der Waals surface area contributed by atoms with Crippen molar-refractivity contribution in [2.75, 3.05) is 49.5 Å². The molecular weight excluding hydrogens is 492 g/mol. The van der Waals surface area contributed by atoms with Gasteiger partial charge >= 0.3 is 0 Å². The topological polar surface area (TPSA) is 107 Å². The highest BCUT2D eigenvalue weighted by molar-refractivity contribution is 5.82. The molecule has 6 N–H and O–H groups in total. The van der Waals surface area contributed by atoms with Crippen LogP contribution < -0.4 is 31.5 Å². The average Bonchev–Trinajstić information content (AvgIpc) is 3.61. The predicted octanol–water partition coefficient (Wildman–Crippen LogP) is 0.801. The number of nitrogens with one attached hydrogen (secondary N) is 5. The third kappa shape index (κ3) is 4.85. The molecule has 0 radical (unpaired) electrons. The second kappa shape index (κ2) is 10.3. The molecular formula is C29H44N8O2. The quantitative estimate of drug-likeness (QED) is 0.313. The molecule has 1 amide bonds. The SMILES string of the molecule is C[C@]1(O)CC/C=C\CN2C(=O)C3CNC(Nc4ccc(N5CC6CNCC6C5)cc4)NC3N2C2CCCC1N2. The Morgan fingerprint density at radius 2 is 1.82 bits per heavy atom. The first-order valence-electron chi connectivity index (χ1n) is 15.0. The van der Waals surface area contributed by atoms with Crippen LogP contribution in [0.15, 0.2) is 36.4 Å². The molecule has 7 rings (SSSR count). The van der Waals surface area contributed by atoms with E-state index < -0.39 is 5.60 Å². The van der Waals surface area contributed by atoms with Crippen LogP contribution in [0.4, 0.5) is 11.4 Å². The Morgan fingerprint density at radius 1 is 1.03 bits per heavy atom. The number of hydrazine groups is 1. The van der Waals surface area contributed by atoms with E-state index in [1.165, 1.54) is 5.69 Å². The number of nitrogens with zero attached hydrogens (tertiary/aromatic N) is 3. The van der Waals surface area contributed by atoms with Gasteiger partial charge in [0.05, 0.1) is 30.4 Å². The Labute approximate surface area is 231 Å². The fourth-order valence-corrected chi connectivity index (χ4v) is 7.74. The van der Waals surface area contributed by atoms with Crippen molar-refractivity contribution >= 4 is 17.3 Å². The Bertz CT molecular complexity index is 1070. The molecule has 8 atom stereocenters. The molecule has 6 heterocycles. The van der Waals surface area contributed by atoms with Gasteiger partial charge in [-0.15, -0.1) is 0 Å². The van der Waals surface area contributed by atoms with Gasteiger partial charge in [-0.1, -0.05) is 12.2 Å². The second-order valence-electron chi connectivity index (χ2n) is 12.7. The number of allylic oxidation sites excluding steroid dienone is 1. The summed E-state index contributed by atoms with van der Waals surface area (Å²) < 4.78 is 0. The number of hydrogen-bond donors (Lipinski definition) is 6. The summed E-state index contributed by atoms with van der Waals surface area (Å²) in [4.78, 5) is 16.1. The summed E-state index contributed by atoms with van der Waals surface area (Å²) in [6.07, 6.45) is 8.39. The van der Waals surface area contributed by atoms with Gasteiger partial charge in [0.1, 0.15) is 6.29 Å². The maximum atomic E-state index is 13.6. The van der Waals surface area contributed by atoms with Gasteiger partial charge in [0, 0.05) is 50.1 Å². The molecule has 1 aromatic rings. The molecule has 5 fully saturated rings. The third-order valence-corrected chi connectivity index (χ3v) is 10.0. The number of carbonyl (C=O) groups excluding carboxylic acids is 1. The molecule has 2 bridgehead atoms. The highest BCUT2D eigenvalue weighted by Crippen LogP contribution is 2.35. The van der Waals surface area contributed by atoms with Gasteiger partial charge in [0.15, 0.2) is 0 Å². The number of aliphatic hydroxyl groups is 1. The van der Waals surface area contributed by atoms with Crippen LogP contribution in [-0.2, 0) is 4.79 Å². The van der Waals surface area contributed by atoms with Crippen molar-refractivity contribution in [3.05, 3.63) is 36.4 Å². The lowest BCUT2D eigenvalue weighted by Gasteiger charge is -2.47. The molecule has 1 aromatic carbocycles. The van der Waals surface area contributed by atoms with E-state index in [1.807, 2.05) is 11.9 Å². The first-order valence-corrected chi connectivity index (χ1v) is 15.0. The molecule has 10 heteroatoms. The third-order valence-electron chi connectivity index (χ3n) is 10.0. The van der Waals surface area contributed by atoms with Crippen LogP contribution in [0.25, 0.3) is 0 Å². The first kappa shape index (κ1) is 25.7. The lowest BCUT2D eigenvalue weighted by Crippen LogP contribution is -2.69. The number of carbonyl (C=O) groups is 1. The molecule has 212 valence electrons. The zero-order chi connectivity index (χ0) is 26.6. The number of rotatable bonds is 3. The van der Waals surface area contributed by atoms with E-state index >= 15 is 0 Å². The van der Waals surface area contributed by atoms with Crippen LogP contribution >= 0.6 is 0 Å². The van der Waals surface area contributed by atoms with Gasteiger partial charge in [-0.05, 0) is 75.1 Å². The van der Waals surface area contributed by atoms with Gasteiger partial charge in [-0.3, -0.25) is 25.8 Å². The lowest BCUT2D eigenvalue weighted by molar-refractivity contribution is -0.146. The van der Waals surface area contributed by atoms with Gasteiger partial charge in [0.2, 0.25) is 5.91 Å². The summed E-state index contributed by atoms with van der Waals surface area (Å²) in [6.45, 7) is 7.70. The van der Waals surface area contributed by atoms with Crippen LogP contribution in [0.2, 0.25) is 0 Å². The summed E-state index contributed by atoms with van der Waals surface area (Å²) in [5.41, 5.74) is 1.57. The van der Waals surface area contributed by atoms with Crippen LogP contribution in [0.1, 0.15) is 39.0 Å². The van der Waals surface area contributed by atoms with E-state index in [0.29, 0.717) is 13.1 Å². The van der Waals surface area contributed by atoms with E-state index in [-0.39, 0.29) is 36.5 Å². The number of benzene rings is 1. The van der Waals surface area contributed by atoms with Crippen molar-refractivity contribution in [3.8, 4) is 0 Å². The first-order chi connectivity index (χ1) is 19.0. The highest BCUT2D eigenvalue weighted by Gasteiger charge is 2.52. The molecule has 6 aliphatic rings. The van der Waals surface area contributed by atoms with Gasteiger partial charge < -0.3 is 20.6 Å². The minimum absolute atomic E-state index is 0.00126. The minimum Gasteiger partial charge on any atom is -0.389 e. The Balaban J connectivity index is 1.05. The molecule has 0 aromatic heterocycles. The largest absolute Gasteiger partial charge is 0.389 e. The van der Waals surface area contributed by atoms with Crippen LogP contribution in [0, 0.1) is 17.8 Å². The van der Waals surface area contributed by atoms with Gasteiger partial charge in [-0.25, -0.2) is 0 Å². The summed E-state index contributed by atoms with van der Waals surface area (Å²) in [5.74, 6) is 1.55. The molecule has 0 aliphatic carbocycles. The molecule has 5 saturated heterocycles. The standard InChI is InChI=1S/C29H44N8O2/c1-29(39)12-3-2-4-13-36-27(38)23-16-31-28(34-26(23)37(36)25-7-5-6-24(29)33-25)32-21-8-10-22(11-9-21)35-17-19-14-30-15-20(19)18-35/h2,4,8-11,19-20,23-26,28,30-34,39H,3,5-7,12-18H2,1H3/b4-2-/t19?,20?,23?,24?,25?,26?,28?,29-/m0/s1. The summed E-state index contributed by atoms with van der Waals surface area (Å²) in [7, 11) is 0. The van der Waals surface area contributed by atoms with Crippen molar-refractivity contribution in [2.24, 2.45) is 17.8 Å². The van der Waals surface area contributed by atoms with Gasteiger partial charge in [0.25, 0.3) is 0 Å². The zero-order valence-corrected chi connectivity index (χ0v) is 23.0. The van der Waals surface area contributed by atoms with Gasteiger partial charge in [-0.2, -0.15) is 5.01 Å². The molecule has 10 nitrogen and oxygen atoms in total. The zero-order valence-electron chi connectivity index (χ0n) is 23.0. The summed E-state index contributed by atoms with van der Waals surface area (Å²) in [5, 5.41) is 33.5. The number of amides is 1. The number of anilines is 2. The van der Waals surface area contributed by atoms with E-state index in [9.17, 15) is 9.90 Å². The second-order valence-corrected chi connectivity index (χ2v) is 12.7. The van der Waals surface area contributed by atoms with Crippen molar-refractivity contribution in [3.63, 3.8) is 0 Å². The van der Waals surface area contributed by atoms with Crippen molar-refractivity contribution in [1.29, 1.82) is 0 Å². The summed E-state index contributed by atoms with van der Waals surface area (Å²) >= 11 is 0. The smallest absolute Gasteiger partial charge is 0.244 e. The molecule has 39 heavy (non-hydrogen) atoms. The lowest BCUT2D eigenvalue weighted by atomic mass is 9.85. The summed E-state index contributed by atoms with van der Waals surface area (Å²) in [6, 6.07) is 8.79. The van der Waals surface area contributed by atoms with E-state index in [0.717, 1.165) is 75.8 Å². The predicted molar refractivity (Wildman–Crippen MR) is 151 cm³/mol. The van der Waals surface area contributed by atoms with Crippen molar-refractivity contribution in [2.45, 2.75) is 69.3 Å². The monoisotopic (exact) mass is 536 g/mol. The molecule has 0 spiro atoms. The van der Waals surface area contributed by atoms with Crippen LogP contribution in [-0.4, -0.2) is 90.6 Å². The highest BCUT2D eigenvalue weighted by atomic mass is 16.3. The van der Waals surface area contributed by atoms with E-state index in [1.54, 1.807) is 0 Å².